The van der Waals surface area contributed by atoms with Crippen LogP contribution in [0.1, 0.15) is 12.5 Å². The summed E-state index contributed by atoms with van der Waals surface area (Å²) in [5, 5.41) is 0.700. The van der Waals surface area contributed by atoms with Crippen molar-refractivity contribution in [3.8, 4) is 11.5 Å². The zero-order valence-corrected chi connectivity index (χ0v) is 14.8. The number of aromatic nitrogens is 2. The molecule has 0 aliphatic carbocycles. The fourth-order valence-corrected chi connectivity index (χ4v) is 2.40. The highest BCUT2D eigenvalue weighted by Crippen LogP contribution is 2.23. The lowest BCUT2D eigenvalue weighted by molar-refractivity contribution is 0.482. The van der Waals surface area contributed by atoms with Crippen LogP contribution in [-0.4, -0.2) is 9.55 Å². The van der Waals surface area contributed by atoms with E-state index >= 15 is 0 Å². The van der Waals surface area contributed by atoms with Gasteiger partial charge in [0, 0.05) is 24.0 Å². The molecule has 0 bridgehead atoms. The Kier molecular flexibility index (Phi) is 6.47. The summed E-state index contributed by atoms with van der Waals surface area (Å²) in [4.78, 5) is 4.05. The van der Waals surface area contributed by atoms with E-state index in [0.29, 0.717) is 5.02 Å². The first kappa shape index (κ1) is 18.1. The van der Waals surface area contributed by atoms with Crippen molar-refractivity contribution in [1.29, 1.82) is 0 Å². The summed E-state index contributed by atoms with van der Waals surface area (Å²) in [7, 11) is 0. The maximum absolute atomic E-state index is 5.87. The summed E-state index contributed by atoms with van der Waals surface area (Å²) in [5.41, 5.74) is 2.40. The fraction of sp³-hybridized carbons (Fsp3) is 0.105. The Hall–Kier alpha value is -2.23. The number of halogens is 2. The van der Waals surface area contributed by atoms with Crippen molar-refractivity contribution in [3.05, 3.63) is 83.4 Å². The van der Waals surface area contributed by atoms with Gasteiger partial charge in [-0.15, -0.1) is 12.4 Å². The molecule has 0 fully saturated rings. The molecule has 0 unspecified atom stereocenters. The second kappa shape index (κ2) is 8.57. The van der Waals surface area contributed by atoms with E-state index in [4.69, 9.17) is 16.3 Å². The molecule has 0 N–H and O–H groups in total. The lowest BCUT2D eigenvalue weighted by atomic mass is 10.1. The van der Waals surface area contributed by atoms with Gasteiger partial charge >= 0.3 is 0 Å². The van der Waals surface area contributed by atoms with Crippen molar-refractivity contribution in [2.45, 2.75) is 13.5 Å². The van der Waals surface area contributed by atoms with E-state index in [1.165, 1.54) is 5.57 Å². The highest BCUT2D eigenvalue weighted by atomic mass is 35.5. The smallest absolute Gasteiger partial charge is 0.127 e. The van der Waals surface area contributed by atoms with E-state index < -0.39 is 0 Å². The summed E-state index contributed by atoms with van der Waals surface area (Å²) in [5.74, 6) is 1.57. The van der Waals surface area contributed by atoms with Crippen LogP contribution in [0.5, 0.6) is 11.5 Å². The molecule has 24 heavy (non-hydrogen) atoms. The number of hydrogen-bond acceptors (Lipinski definition) is 2. The Morgan fingerprint density at radius 3 is 2.29 bits per heavy atom. The summed E-state index contributed by atoms with van der Waals surface area (Å²) in [6.45, 7) is 2.95. The fourth-order valence-electron chi connectivity index (χ4n) is 2.27. The molecule has 0 amide bonds. The zero-order valence-electron chi connectivity index (χ0n) is 13.2. The topological polar surface area (TPSA) is 27.1 Å². The molecule has 3 aromatic rings. The number of ether oxygens (including phenoxy) is 1. The van der Waals surface area contributed by atoms with Gasteiger partial charge in [-0.3, -0.25) is 0 Å². The van der Waals surface area contributed by atoms with Gasteiger partial charge < -0.3 is 9.30 Å². The third kappa shape index (κ3) is 5.15. The molecule has 3 nitrogen and oxygen atoms in total. The molecule has 0 aliphatic rings. The first-order valence-electron chi connectivity index (χ1n) is 7.35. The number of nitrogens with zero attached hydrogens (tertiary/aromatic N) is 2. The van der Waals surface area contributed by atoms with Crippen LogP contribution in [0.2, 0.25) is 5.02 Å². The third-order valence-corrected chi connectivity index (χ3v) is 3.59. The molecule has 1 aromatic heterocycles. The Morgan fingerprint density at radius 2 is 1.71 bits per heavy atom. The van der Waals surface area contributed by atoms with Crippen LogP contribution in [-0.2, 0) is 6.54 Å². The van der Waals surface area contributed by atoms with Gasteiger partial charge in [-0.2, -0.15) is 0 Å². The van der Waals surface area contributed by atoms with Gasteiger partial charge in [-0.1, -0.05) is 35.4 Å². The van der Waals surface area contributed by atoms with E-state index in [2.05, 4.69) is 18.0 Å². The SMILES string of the molecule is CC(=Cc1ccc(Oc2ccc(Cl)cc2)cc1)Cn1ccnc1.Cl. The van der Waals surface area contributed by atoms with Gasteiger partial charge in [0.2, 0.25) is 0 Å². The number of allylic oxidation sites excluding steroid dienone is 1. The molecule has 0 atom stereocenters. The normalized spacial score (nSPS) is 11.0. The van der Waals surface area contributed by atoms with Gasteiger partial charge in [-0.05, 0) is 48.9 Å². The largest absolute Gasteiger partial charge is 0.457 e. The van der Waals surface area contributed by atoms with Crippen molar-refractivity contribution in [2.75, 3.05) is 0 Å². The average Bonchev–Trinajstić information content (AvgIpc) is 3.04. The van der Waals surface area contributed by atoms with Crippen LogP contribution in [0.15, 0.2) is 72.8 Å². The number of hydrogen-bond donors (Lipinski definition) is 0. The molecule has 0 saturated heterocycles. The minimum absolute atomic E-state index is 0. The molecule has 2 aromatic carbocycles. The predicted octanol–water partition coefficient (Wildman–Crippen LogP) is 5.85. The molecule has 124 valence electrons. The predicted molar refractivity (Wildman–Crippen MR) is 101 cm³/mol. The lowest BCUT2D eigenvalue weighted by Crippen LogP contribution is -1.95. The molecular formula is C19H18Cl2N2O. The summed E-state index contributed by atoms with van der Waals surface area (Å²) >= 11 is 5.87. The van der Waals surface area contributed by atoms with E-state index in [1.54, 1.807) is 6.20 Å². The Balaban J connectivity index is 0.00000208. The third-order valence-electron chi connectivity index (χ3n) is 3.33. The number of rotatable bonds is 5. The van der Waals surface area contributed by atoms with Crippen molar-refractivity contribution in [3.63, 3.8) is 0 Å². The van der Waals surface area contributed by atoms with E-state index in [9.17, 15) is 0 Å². The van der Waals surface area contributed by atoms with Crippen LogP contribution in [0.3, 0.4) is 0 Å². The van der Waals surface area contributed by atoms with E-state index in [0.717, 1.165) is 23.6 Å². The van der Waals surface area contributed by atoms with Crippen LogP contribution >= 0.6 is 24.0 Å². The van der Waals surface area contributed by atoms with Crippen LogP contribution < -0.4 is 4.74 Å². The standard InChI is InChI=1S/C19H17ClN2O.ClH/c1-15(13-22-11-10-21-14-22)12-16-2-6-18(7-3-16)23-19-8-4-17(20)5-9-19;/h2-12,14H,13H2,1H3;1H. The number of benzene rings is 2. The second-order valence-corrected chi connectivity index (χ2v) is 5.79. The molecule has 0 radical (unpaired) electrons. The maximum atomic E-state index is 5.87. The zero-order chi connectivity index (χ0) is 16.1. The molecular weight excluding hydrogens is 343 g/mol. The van der Waals surface area contributed by atoms with Crippen LogP contribution in [0.4, 0.5) is 0 Å². The van der Waals surface area contributed by atoms with Gasteiger partial charge in [0.15, 0.2) is 0 Å². The average molecular weight is 361 g/mol. The maximum Gasteiger partial charge on any atom is 0.127 e. The molecule has 0 spiro atoms. The molecule has 0 saturated carbocycles. The molecule has 5 heteroatoms. The minimum atomic E-state index is 0. The second-order valence-electron chi connectivity index (χ2n) is 5.35. The minimum Gasteiger partial charge on any atom is -0.457 e. The van der Waals surface area contributed by atoms with Crippen molar-refractivity contribution >= 4 is 30.1 Å². The van der Waals surface area contributed by atoms with Crippen molar-refractivity contribution in [1.82, 2.24) is 9.55 Å². The highest BCUT2D eigenvalue weighted by molar-refractivity contribution is 6.30. The Morgan fingerprint density at radius 1 is 1.08 bits per heavy atom. The Labute approximate surface area is 153 Å². The van der Waals surface area contributed by atoms with Crippen molar-refractivity contribution in [2.24, 2.45) is 0 Å². The van der Waals surface area contributed by atoms with E-state index in [1.807, 2.05) is 65.6 Å². The summed E-state index contributed by atoms with van der Waals surface area (Å²) < 4.78 is 7.83. The van der Waals surface area contributed by atoms with Crippen molar-refractivity contribution < 1.29 is 4.74 Å². The van der Waals surface area contributed by atoms with Gasteiger partial charge in [0.05, 0.1) is 6.33 Å². The molecule has 0 aliphatic heterocycles. The monoisotopic (exact) mass is 360 g/mol. The first-order chi connectivity index (χ1) is 11.2. The quantitative estimate of drug-likeness (QED) is 0.570. The van der Waals surface area contributed by atoms with Gasteiger partial charge in [0.1, 0.15) is 11.5 Å². The number of imidazole rings is 1. The van der Waals surface area contributed by atoms with Gasteiger partial charge in [0.25, 0.3) is 0 Å². The molecule has 1 heterocycles. The first-order valence-corrected chi connectivity index (χ1v) is 7.73. The highest BCUT2D eigenvalue weighted by Gasteiger charge is 1.98. The lowest BCUT2D eigenvalue weighted by Gasteiger charge is -2.07. The summed E-state index contributed by atoms with van der Waals surface area (Å²) in [6.07, 6.45) is 7.73. The Bertz CT molecular complexity index is 779. The molecule has 3 rings (SSSR count). The van der Waals surface area contributed by atoms with Crippen LogP contribution in [0.25, 0.3) is 6.08 Å². The van der Waals surface area contributed by atoms with E-state index in [-0.39, 0.29) is 12.4 Å². The van der Waals surface area contributed by atoms with Gasteiger partial charge in [-0.25, -0.2) is 4.98 Å². The van der Waals surface area contributed by atoms with Crippen LogP contribution in [0, 0.1) is 0 Å². The summed E-state index contributed by atoms with van der Waals surface area (Å²) in [6, 6.07) is 15.3.